The average Bonchev–Trinajstić information content (AvgIpc) is 2.42. The van der Waals surface area contributed by atoms with E-state index in [1.54, 1.807) is 0 Å². The van der Waals surface area contributed by atoms with Crippen LogP contribution >= 0.6 is 0 Å². The number of fused-ring (bicyclic) bond motifs is 1. The molecule has 0 spiro atoms. The largest absolute Gasteiger partial charge is 0.315 e. The maximum Gasteiger partial charge on any atom is 0.0261 e. The summed E-state index contributed by atoms with van der Waals surface area (Å²) in [5, 5.41) is 3.39. The van der Waals surface area contributed by atoms with Crippen LogP contribution in [0, 0.1) is 5.92 Å². The molecular weight excluding hydrogens is 124 g/mol. The summed E-state index contributed by atoms with van der Waals surface area (Å²) < 4.78 is 0. The summed E-state index contributed by atoms with van der Waals surface area (Å²) >= 11 is 0. The van der Waals surface area contributed by atoms with E-state index in [4.69, 9.17) is 0 Å². The molecule has 10 heavy (non-hydrogen) atoms. The molecule has 0 radical (unpaired) electrons. The third-order valence-electron chi connectivity index (χ3n) is 3.14. The van der Waals surface area contributed by atoms with Crippen molar-refractivity contribution in [3.63, 3.8) is 0 Å². The lowest BCUT2D eigenvalue weighted by Crippen LogP contribution is -2.51. The molecule has 2 nitrogen and oxygen atoms in total. The van der Waals surface area contributed by atoms with E-state index >= 15 is 0 Å². The van der Waals surface area contributed by atoms with Gasteiger partial charge in [-0.15, -0.1) is 0 Å². The fourth-order valence-electron chi connectivity index (χ4n) is 2.51. The molecule has 0 aromatic rings. The molecule has 3 fully saturated rings. The quantitative estimate of drug-likeness (QED) is 0.593. The van der Waals surface area contributed by atoms with Crippen molar-refractivity contribution in [1.29, 1.82) is 0 Å². The Hall–Kier alpha value is -0.0800. The first kappa shape index (κ1) is 6.62. The van der Waals surface area contributed by atoms with E-state index in [1.807, 2.05) is 0 Å². The van der Waals surface area contributed by atoms with Crippen LogP contribution in [-0.2, 0) is 0 Å². The summed E-state index contributed by atoms with van der Waals surface area (Å²) in [6.07, 6.45) is 1.44. The second-order valence-corrected chi connectivity index (χ2v) is 3.47. The topological polar surface area (TPSA) is 15.3 Å². The predicted octanol–water partition coefficient (Wildman–Crippen LogP) is 0.298. The van der Waals surface area contributed by atoms with Crippen molar-refractivity contribution in [3.8, 4) is 0 Å². The van der Waals surface area contributed by atoms with Gasteiger partial charge in [-0.2, -0.15) is 0 Å². The van der Waals surface area contributed by atoms with Gasteiger partial charge in [-0.25, -0.2) is 0 Å². The SMILES string of the molecule is CCN1CC2CC1C2NC. The predicted molar refractivity (Wildman–Crippen MR) is 42.0 cm³/mol. The maximum absolute atomic E-state index is 3.39. The third-order valence-corrected chi connectivity index (χ3v) is 3.14. The van der Waals surface area contributed by atoms with Crippen molar-refractivity contribution in [2.45, 2.75) is 25.4 Å². The minimum Gasteiger partial charge on any atom is -0.315 e. The zero-order valence-corrected chi connectivity index (χ0v) is 6.80. The monoisotopic (exact) mass is 140 g/mol. The number of likely N-dealkylation sites (N-methyl/N-ethyl adjacent to an activating group) is 2. The van der Waals surface area contributed by atoms with Crippen LogP contribution in [0.1, 0.15) is 13.3 Å². The second-order valence-electron chi connectivity index (χ2n) is 3.47. The minimum atomic E-state index is 0.819. The molecule has 58 valence electrons. The molecule has 3 aliphatic rings. The van der Waals surface area contributed by atoms with Crippen molar-refractivity contribution < 1.29 is 0 Å². The van der Waals surface area contributed by atoms with Gasteiger partial charge in [0.2, 0.25) is 0 Å². The smallest absolute Gasteiger partial charge is 0.0261 e. The lowest BCUT2D eigenvalue weighted by molar-refractivity contribution is 0.196. The van der Waals surface area contributed by atoms with Crippen molar-refractivity contribution in [2.75, 3.05) is 20.1 Å². The van der Waals surface area contributed by atoms with Gasteiger partial charge in [-0.3, -0.25) is 4.90 Å². The Morgan fingerprint density at radius 1 is 1.60 bits per heavy atom. The van der Waals surface area contributed by atoms with Gasteiger partial charge >= 0.3 is 0 Å². The third kappa shape index (κ3) is 0.663. The van der Waals surface area contributed by atoms with Crippen LogP contribution in [0.3, 0.4) is 0 Å². The Labute approximate surface area is 62.6 Å². The van der Waals surface area contributed by atoms with E-state index in [0.29, 0.717) is 0 Å². The molecule has 1 saturated carbocycles. The summed E-state index contributed by atoms with van der Waals surface area (Å²) in [5.41, 5.74) is 0. The van der Waals surface area contributed by atoms with Gasteiger partial charge in [-0.05, 0) is 25.9 Å². The van der Waals surface area contributed by atoms with Gasteiger partial charge < -0.3 is 5.32 Å². The molecule has 1 N–H and O–H groups in total. The molecule has 0 amide bonds. The van der Waals surface area contributed by atoms with E-state index < -0.39 is 0 Å². The highest BCUT2D eigenvalue weighted by molar-refractivity contribution is 5.07. The Morgan fingerprint density at radius 3 is 2.80 bits per heavy atom. The zero-order valence-electron chi connectivity index (χ0n) is 6.80. The molecule has 3 unspecified atom stereocenters. The van der Waals surface area contributed by atoms with Crippen LogP contribution in [0.4, 0.5) is 0 Å². The number of rotatable bonds is 2. The van der Waals surface area contributed by atoms with E-state index in [0.717, 1.165) is 18.0 Å². The molecular formula is C8H16N2. The number of hydrogen-bond donors (Lipinski definition) is 1. The molecule has 2 aliphatic heterocycles. The van der Waals surface area contributed by atoms with Crippen LogP contribution < -0.4 is 5.32 Å². The van der Waals surface area contributed by atoms with Crippen LogP contribution in [0.2, 0.25) is 0 Å². The van der Waals surface area contributed by atoms with Crippen LogP contribution in [0.5, 0.6) is 0 Å². The molecule has 0 aromatic carbocycles. The summed E-state index contributed by atoms with van der Waals surface area (Å²) in [6.45, 7) is 4.83. The number of hydrogen-bond acceptors (Lipinski definition) is 2. The molecule has 0 aromatic heterocycles. The number of nitrogens with one attached hydrogen (secondary N) is 1. The first-order valence-electron chi connectivity index (χ1n) is 4.28. The van der Waals surface area contributed by atoms with Crippen molar-refractivity contribution in [3.05, 3.63) is 0 Å². The number of nitrogens with zero attached hydrogens (tertiary/aromatic N) is 1. The van der Waals surface area contributed by atoms with Crippen LogP contribution in [0.15, 0.2) is 0 Å². The second kappa shape index (κ2) is 2.21. The first-order valence-corrected chi connectivity index (χ1v) is 4.28. The van der Waals surface area contributed by atoms with Gasteiger partial charge in [0.05, 0.1) is 0 Å². The summed E-state index contributed by atoms with van der Waals surface area (Å²) in [7, 11) is 2.09. The van der Waals surface area contributed by atoms with Gasteiger partial charge in [0.1, 0.15) is 0 Å². The standard InChI is InChI=1S/C8H16N2/c1-3-10-5-6-4-7(10)8(6)9-2/h6-9H,3-5H2,1-2H3. The van der Waals surface area contributed by atoms with E-state index in [2.05, 4.69) is 24.2 Å². The normalized spacial score (nSPS) is 45.6. The van der Waals surface area contributed by atoms with Crippen molar-refractivity contribution in [2.24, 2.45) is 5.92 Å². The fraction of sp³-hybridized carbons (Fsp3) is 1.00. The molecule has 2 bridgehead atoms. The van der Waals surface area contributed by atoms with E-state index in [-0.39, 0.29) is 0 Å². The van der Waals surface area contributed by atoms with Crippen LogP contribution in [-0.4, -0.2) is 37.1 Å². The Bertz CT molecular complexity index is 129. The summed E-state index contributed by atoms with van der Waals surface area (Å²) in [6, 6.07) is 1.69. The average molecular weight is 140 g/mol. The van der Waals surface area contributed by atoms with Gasteiger partial charge in [0, 0.05) is 18.6 Å². The van der Waals surface area contributed by atoms with E-state index in [1.165, 1.54) is 19.5 Å². The minimum absolute atomic E-state index is 0.819. The van der Waals surface area contributed by atoms with Gasteiger partial charge in [-0.1, -0.05) is 6.92 Å². The van der Waals surface area contributed by atoms with Gasteiger partial charge in [0.25, 0.3) is 0 Å². The van der Waals surface area contributed by atoms with Crippen molar-refractivity contribution >= 4 is 0 Å². The zero-order chi connectivity index (χ0) is 7.14. The maximum atomic E-state index is 3.39. The van der Waals surface area contributed by atoms with Crippen molar-refractivity contribution in [1.82, 2.24) is 10.2 Å². The molecule has 3 rings (SSSR count). The lowest BCUT2D eigenvalue weighted by atomic mass is 9.80. The molecule has 3 atom stereocenters. The Kier molecular flexibility index (Phi) is 1.46. The Morgan fingerprint density at radius 2 is 2.40 bits per heavy atom. The summed E-state index contributed by atoms with van der Waals surface area (Å²) in [4.78, 5) is 2.59. The molecule has 2 heterocycles. The highest BCUT2D eigenvalue weighted by atomic mass is 15.3. The molecule has 2 heteroatoms. The van der Waals surface area contributed by atoms with Crippen LogP contribution in [0.25, 0.3) is 0 Å². The summed E-state index contributed by atoms with van der Waals surface area (Å²) in [5.74, 6) is 0.968. The fourth-order valence-corrected chi connectivity index (χ4v) is 2.51. The lowest BCUT2D eigenvalue weighted by Gasteiger charge is -2.36. The Balaban J connectivity index is 1.99. The molecule has 1 aliphatic carbocycles. The first-order chi connectivity index (χ1) is 4.86. The van der Waals surface area contributed by atoms with Gasteiger partial charge in [0.15, 0.2) is 0 Å². The highest BCUT2D eigenvalue weighted by Crippen LogP contribution is 2.40. The molecule has 2 saturated heterocycles. The highest BCUT2D eigenvalue weighted by Gasteiger charge is 2.50. The van der Waals surface area contributed by atoms with E-state index in [9.17, 15) is 0 Å².